The van der Waals surface area contributed by atoms with Crippen LogP contribution in [0, 0.1) is 6.92 Å². The standard InChI is InChI=1S/C14H23N3O2S/c1-10(2)19-13(18)7-8-16-14(15-4)17-9-12-6-5-11(3)20-12/h5-6,10H,7-9H2,1-4H3,(H2,15,16,17). The maximum absolute atomic E-state index is 11.4. The monoisotopic (exact) mass is 297 g/mol. The summed E-state index contributed by atoms with van der Waals surface area (Å²) >= 11 is 1.76. The van der Waals surface area contributed by atoms with Crippen molar-refractivity contribution < 1.29 is 9.53 Å². The first-order chi connectivity index (χ1) is 9.51. The molecule has 1 aromatic heterocycles. The summed E-state index contributed by atoms with van der Waals surface area (Å²) in [6, 6.07) is 4.19. The van der Waals surface area contributed by atoms with Crippen molar-refractivity contribution in [2.45, 2.75) is 39.8 Å². The number of aliphatic imine (C=N–C) groups is 1. The lowest BCUT2D eigenvalue weighted by molar-refractivity contribution is -0.147. The van der Waals surface area contributed by atoms with Gasteiger partial charge in [-0.2, -0.15) is 0 Å². The molecule has 1 aromatic rings. The molecule has 0 aliphatic carbocycles. The fourth-order valence-electron chi connectivity index (χ4n) is 1.58. The molecule has 6 heteroatoms. The van der Waals surface area contributed by atoms with E-state index in [1.807, 2.05) is 13.8 Å². The molecular weight excluding hydrogens is 274 g/mol. The minimum absolute atomic E-state index is 0.0676. The zero-order chi connectivity index (χ0) is 15.0. The van der Waals surface area contributed by atoms with Gasteiger partial charge in [-0.3, -0.25) is 9.79 Å². The Morgan fingerprint density at radius 2 is 2.15 bits per heavy atom. The number of ether oxygens (including phenoxy) is 1. The van der Waals surface area contributed by atoms with Gasteiger partial charge in [-0.1, -0.05) is 0 Å². The summed E-state index contributed by atoms with van der Waals surface area (Å²) in [5.74, 6) is 0.491. The van der Waals surface area contributed by atoms with Gasteiger partial charge in [0.2, 0.25) is 0 Å². The van der Waals surface area contributed by atoms with Crippen LogP contribution in [0.25, 0.3) is 0 Å². The number of hydrogen-bond acceptors (Lipinski definition) is 4. The number of carbonyl (C=O) groups is 1. The van der Waals surface area contributed by atoms with Crippen molar-refractivity contribution in [3.8, 4) is 0 Å². The molecule has 0 saturated heterocycles. The maximum atomic E-state index is 11.4. The largest absolute Gasteiger partial charge is 0.463 e. The van der Waals surface area contributed by atoms with Gasteiger partial charge in [0.1, 0.15) is 0 Å². The number of esters is 1. The summed E-state index contributed by atoms with van der Waals surface area (Å²) in [6.45, 7) is 7.01. The molecule has 112 valence electrons. The van der Waals surface area contributed by atoms with Gasteiger partial charge >= 0.3 is 5.97 Å². The number of guanidine groups is 1. The van der Waals surface area contributed by atoms with E-state index >= 15 is 0 Å². The summed E-state index contributed by atoms with van der Waals surface area (Å²) in [6.07, 6.45) is 0.263. The van der Waals surface area contributed by atoms with Gasteiger partial charge in [0.25, 0.3) is 0 Å². The molecule has 0 amide bonds. The number of rotatable bonds is 6. The van der Waals surface area contributed by atoms with Crippen LogP contribution in [0.4, 0.5) is 0 Å². The van der Waals surface area contributed by atoms with Crippen molar-refractivity contribution in [2.75, 3.05) is 13.6 Å². The lowest BCUT2D eigenvalue weighted by Crippen LogP contribution is -2.37. The van der Waals surface area contributed by atoms with Crippen LogP contribution < -0.4 is 10.6 Å². The Morgan fingerprint density at radius 1 is 1.40 bits per heavy atom. The average molecular weight is 297 g/mol. The Kier molecular flexibility index (Phi) is 7.08. The Bertz CT molecular complexity index is 455. The molecule has 0 saturated carbocycles. The third-order valence-electron chi connectivity index (χ3n) is 2.44. The second kappa shape index (κ2) is 8.58. The van der Waals surface area contributed by atoms with E-state index < -0.39 is 0 Å². The Hall–Kier alpha value is -1.56. The summed E-state index contributed by atoms with van der Waals surface area (Å²) < 4.78 is 5.06. The van der Waals surface area contributed by atoms with E-state index in [9.17, 15) is 4.79 Å². The summed E-state index contributed by atoms with van der Waals surface area (Å²) in [5, 5.41) is 6.30. The van der Waals surface area contributed by atoms with Crippen molar-refractivity contribution in [1.82, 2.24) is 10.6 Å². The topological polar surface area (TPSA) is 62.7 Å². The van der Waals surface area contributed by atoms with Crippen molar-refractivity contribution >= 4 is 23.3 Å². The van der Waals surface area contributed by atoms with E-state index in [0.29, 0.717) is 18.9 Å². The van der Waals surface area contributed by atoms with Gasteiger partial charge in [-0.25, -0.2) is 0 Å². The van der Waals surface area contributed by atoms with Crippen LogP contribution in [0.3, 0.4) is 0 Å². The number of nitrogens with one attached hydrogen (secondary N) is 2. The highest BCUT2D eigenvalue weighted by Crippen LogP contribution is 2.14. The van der Waals surface area contributed by atoms with E-state index in [0.717, 1.165) is 6.54 Å². The molecule has 0 unspecified atom stereocenters. The van der Waals surface area contributed by atoms with Crippen LogP contribution in [-0.2, 0) is 16.1 Å². The predicted octanol–water partition coefficient (Wildman–Crippen LogP) is 2.06. The van der Waals surface area contributed by atoms with Crippen LogP contribution >= 0.6 is 11.3 Å². The molecule has 0 bridgehead atoms. The van der Waals surface area contributed by atoms with E-state index in [-0.39, 0.29) is 12.1 Å². The first kappa shape index (κ1) is 16.5. The van der Waals surface area contributed by atoms with Crippen molar-refractivity contribution in [2.24, 2.45) is 4.99 Å². The van der Waals surface area contributed by atoms with E-state index in [1.165, 1.54) is 9.75 Å². The third-order valence-corrected chi connectivity index (χ3v) is 3.44. The molecule has 0 radical (unpaired) electrons. The SMILES string of the molecule is CN=C(NCCC(=O)OC(C)C)NCc1ccc(C)s1. The number of hydrogen-bond donors (Lipinski definition) is 2. The van der Waals surface area contributed by atoms with E-state index in [1.54, 1.807) is 18.4 Å². The number of nitrogens with zero attached hydrogens (tertiary/aromatic N) is 1. The normalized spacial score (nSPS) is 11.6. The number of aryl methyl sites for hydroxylation is 1. The molecule has 0 spiro atoms. The van der Waals surface area contributed by atoms with Crippen molar-refractivity contribution in [1.29, 1.82) is 0 Å². The Morgan fingerprint density at radius 3 is 2.70 bits per heavy atom. The van der Waals surface area contributed by atoms with Crippen LogP contribution in [0.5, 0.6) is 0 Å². The van der Waals surface area contributed by atoms with Gasteiger partial charge in [0, 0.05) is 23.3 Å². The van der Waals surface area contributed by atoms with Gasteiger partial charge in [-0.05, 0) is 32.9 Å². The summed E-state index contributed by atoms with van der Waals surface area (Å²) in [4.78, 5) is 18.0. The fraction of sp³-hybridized carbons (Fsp3) is 0.571. The quantitative estimate of drug-likeness (QED) is 0.479. The number of thiophene rings is 1. The maximum Gasteiger partial charge on any atom is 0.307 e. The van der Waals surface area contributed by atoms with E-state index in [4.69, 9.17) is 4.74 Å². The zero-order valence-corrected chi connectivity index (χ0v) is 13.3. The minimum Gasteiger partial charge on any atom is -0.463 e. The molecule has 0 fully saturated rings. The lowest BCUT2D eigenvalue weighted by Gasteiger charge is -2.12. The molecule has 20 heavy (non-hydrogen) atoms. The molecule has 0 aromatic carbocycles. The Balaban J connectivity index is 2.25. The molecule has 1 heterocycles. The first-order valence-electron chi connectivity index (χ1n) is 6.70. The second-order valence-corrected chi connectivity index (χ2v) is 6.03. The van der Waals surface area contributed by atoms with Crippen LogP contribution in [0.1, 0.15) is 30.0 Å². The highest BCUT2D eigenvalue weighted by molar-refractivity contribution is 7.11. The van der Waals surface area contributed by atoms with Crippen molar-refractivity contribution in [3.63, 3.8) is 0 Å². The summed E-state index contributed by atoms with van der Waals surface area (Å²) in [7, 11) is 1.71. The molecule has 0 aliphatic heterocycles. The second-order valence-electron chi connectivity index (χ2n) is 4.65. The molecular formula is C14H23N3O2S. The molecule has 0 aliphatic rings. The van der Waals surface area contributed by atoms with Gasteiger partial charge < -0.3 is 15.4 Å². The lowest BCUT2D eigenvalue weighted by atomic mass is 10.4. The average Bonchev–Trinajstić information content (AvgIpc) is 2.78. The highest BCUT2D eigenvalue weighted by Gasteiger charge is 2.06. The molecule has 1 rings (SSSR count). The highest BCUT2D eigenvalue weighted by atomic mass is 32.1. The Labute approximate surface area is 124 Å². The summed E-state index contributed by atoms with van der Waals surface area (Å²) in [5.41, 5.74) is 0. The van der Waals surface area contributed by atoms with E-state index in [2.05, 4.69) is 34.7 Å². The minimum atomic E-state index is -0.197. The van der Waals surface area contributed by atoms with Crippen LogP contribution in [0.2, 0.25) is 0 Å². The third kappa shape index (κ3) is 6.56. The molecule has 0 atom stereocenters. The van der Waals surface area contributed by atoms with Gasteiger partial charge in [0.05, 0.1) is 19.1 Å². The first-order valence-corrected chi connectivity index (χ1v) is 7.52. The molecule has 5 nitrogen and oxygen atoms in total. The predicted molar refractivity (Wildman–Crippen MR) is 83.1 cm³/mol. The number of carbonyl (C=O) groups excluding carboxylic acids is 1. The smallest absolute Gasteiger partial charge is 0.307 e. The van der Waals surface area contributed by atoms with Crippen LogP contribution in [-0.4, -0.2) is 31.6 Å². The van der Waals surface area contributed by atoms with Crippen molar-refractivity contribution in [3.05, 3.63) is 21.9 Å². The fourth-order valence-corrected chi connectivity index (χ4v) is 2.41. The van der Waals surface area contributed by atoms with Crippen LogP contribution in [0.15, 0.2) is 17.1 Å². The molecule has 2 N–H and O–H groups in total. The van der Waals surface area contributed by atoms with Gasteiger partial charge in [-0.15, -0.1) is 11.3 Å². The van der Waals surface area contributed by atoms with Gasteiger partial charge in [0.15, 0.2) is 5.96 Å². The zero-order valence-electron chi connectivity index (χ0n) is 12.5.